The Kier molecular flexibility index (Phi) is 2.08. The predicted molar refractivity (Wildman–Crippen MR) is 31.1 cm³/mol. The average Bonchev–Trinajstić information content (AvgIpc) is 1.90. The minimum atomic E-state index is -4.04. The molecular formula is C4H7O5P. The monoisotopic (exact) mass is 166 g/mol. The molecule has 10 heavy (non-hydrogen) atoms. The van der Waals surface area contributed by atoms with Gasteiger partial charge in [-0.05, 0) is 6.42 Å². The van der Waals surface area contributed by atoms with E-state index >= 15 is 0 Å². The van der Waals surface area contributed by atoms with E-state index < -0.39 is 13.8 Å². The number of hydrogen-bond donors (Lipinski definition) is 1. The summed E-state index contributed by atoms with van der Waals surface area (Å²) in [4.78, 5) is 19.1. The number of phosphoric acid groups is 1. The van der Waals surface area contributed by atoms with Crippen molar-refractivity contribution in [3.8, 4) is 0 Å². The highest BCUT2D eigenvalue weighted by Gasteiger charge is 2.28. The fraction of sp³-hybridized carbons (Fsp3) is 0.750. The highest BCUT2D eigenvalue weighted by Crippen LogP contribution is 2.45. The third-order valence-corrected chi connectivity index (χ3v) is 1.94. The van der Waals surface area contributed by atoms with Crippen LogP contribution in [0.5, 0.6) is 0 Å². The van der Waals surface area contributed by atoms with Gasteiger partial charge in [0.05, 0.1) is 6.61 Å². The van der Waals surface area contributed by atoms with Crippen LogP contribution in [0.3, 0.4) is 0 Å². The minimum absolute atomic E-state index is 0.0967. The molecule has 1 N–H and O–H groups in total. The first-order valence-electron chi connectivity index (χ1n) is 2.80. The molecule has 0 aromatic rings. The maximum absolute atomic E-state index is 10.6. The summed E-state index contributed by atoms with van der Waals surface area (Å²) in [5, 5.41) is 0. The molecule has 1 unspecified atom stereocenters. The van der Waals surface area contributed by atoms with Gasteiger partial charge in [-0.25, -0.2) is 4.57 Å². The van der Waals surface area contributed by atoms with Crippen LogP contribution in [-0.2, 0) is 18.4 Å². The van der Waals surface area contributed by atoms with Crippen LogP contribution in [0.15, 0.2) is 0 Å². The lowest BCUT2D eigenvalue weighted by molar-refractivity contribution is -0.134. The van der Waals surface area contributed by atoms with Crippen molar-refractivity contribution in [2.45, 2.75) is 12.8 Å². The largest absolute Gasteiger partial charge is 0.529 e. The Morgan fingerprint density at radius 1 is 1.60 bits per heavy atom. The Balaban J connectivity index is 2.63. The van der Waals surface area contributed by atoms with Crippen molar-refractivity contribution in [3.63, 3.8) is 0 Å². The van der Waals surface area contributed by atoms with Gasteiger partial charge in [0.15, 0.2) is 0 Å². The third kappa shape index (κ3) is 2.10. The molecule has 0 aromatic carbocycles. The first-order chi connectivity index (χ1) is 4.60. The molecule has 1 saturated heterocycles. The van der Waals surface area contributed by atoms with Crippen LogP contribution in [-0.4, -0.2) is 17.5 Å². The first kappa shape index (κ1) is 7.72. The summed E-state index contributed by atoms with van der Waals surface area (Å²) in [5.41, 5.74) is 0. The van der Waals surface area contributed by atoms with Gasteiger partial charge in [0.25, 0.3) is 0 Å². The Morgan fingerprint density at radius 2 is 2.30 bits per heavy atom. The van der Waals surface area contributed by atoms with Crippen LogP contribution < -0.4 is 0 Å². The van der Waals surface area contributed by atoms with E-state index in [1.54, 1.807) is 0 Å². The van der Waals surface area contributed by atoms with E-state index in [4.69, 9.17) is 4.89 Å². The molecule has 0 radical (unpaired) electrons. The Labute approximate surface area is 57.6 Å². The SMILES string of the molecule is O=C1CCCOP(=O)(O)O1. The lowest BCUT2D eigenvalue weighted by atomic mass is 10.3. The molecule has 5 nitrogen and oxygen atoms in total. The summed E-state index contributed by atoms with van der Waals surface area (Å²) in [6, 6.07) is 0. The second kappa shape index (κ2) is 2.70. The van der Waals surface area contributed by atoms with E-state index in [1.807, 2.05) is 0 Å². The van der Waals surface area contributed by atoms with Crippen molar-refractivity contribution >= 4 is 13.8 Å². The predicted octanol–water partition coefficient (Wildman–Crippen LogP) is 0.440. The van der Waals surface area contributed by atoms with Crippen molar-refractivity contribution in [1.82, 2.24) is 0 Å². The second-order valence-corrected chi connectivity index (χ2v) is 3.25. The van der Waals surface area contributed by atoms with Crippen LogP contribution in [0.1, 0.15) is 12.8 Å². The lowest BCUT2D eigenvalue weighted by Crippen LogP contribution is -1.98. The molecule has 0 amide bonds. The van der Waals surface area contributed by atoms with E-state index in [2.05, 4.69) is 9.05 Å². The first-order valence-corrected chi connectivity index (χ1v) is 4.29. The standard InChI is InChI=1S/C4H7O5P/c5-4-2-1-3-8-10(6,7)9-4/h1-3H2,(H,6,7). The second-order valence-electron chi connectivity index (χ2n) is 1.87. The van der Waals surface area contributed by atoms with Gasteiger partial charge in [-0.2, -0.15) is 0 Å². The zero-order valence-electron chi connectivity index (χ0n) is 5.15. The summed E-state index contributed by atoms with van der Waals surface area (Å²) in [7, 11) is -4.04. The van der Waals surface area contributed by atoms with Crippen molar-refractivity contribution in [2.75, 3.05) is 6.61 Å². The Morgan fingerprint density at radius 3 is 3.00 bits per heavy atom. The minimum Gasteiger partial charge on any atom is -0.371 e. The molecule has 58 valence electrons. The average molecular weight is 166 g/mol. The molecule has 1 fully saturated rings. The highest BCUT2D eigenvalue weighted by atomic mass is 31.2. The fourth-order valence-corrected chi connectivity index (χ4v) is 1.36. The summed E-state index contributed by atoms with van der Waals surface area (Å²) in [5.74, 6) is -0.677. The Bertz CT molecular complexity index is 188. The van der Waals surface area contributed by atoms with E-state index in [0.29, 0.717) is 6.42 Å². The van der Waals surface area contributed by atoms with E-state index in [-0.39, 0.29) is 13.0 Å². The molecular weight excluding hydrogens is 159 g/mol. The molecule has 1 aliphatic rings. The number of carbonyl (C=O) groups is 1. The van der Waals surface area contributed by atoms with Crippen molar-refractivity contribution in [3.05, 3.63) is 0 Å². The van der Waals surface area contributed by atoms with Gasteiger partial charge in [0, 0.05) is 6.42 Å². The molecule has 6 heteroatoms. The van der Waals surface area contributed by atoms with Crippen LogP contribution in [0, 0.1) is 0 Å². The summed E-state index contributed by atoms with van der Waals surface area (Å²) in [6.07, 6.45) is 0.577. The van der Waals surface area contributed by atoms with E-state index in [9.17, 15) is 9.36 Å². The maximum Gasteiger partial charge on any atom is 0.529 e. The van der Waals surface area contributed by atoms with Gasteiger partial charge >= 0.3 is 13.8 Å². The van der Waals surface area contributed by atoms with Crippen LogP contribution in [0.25, 0.3) is 0 Å². The molecule has 0 aliphatic carbocycles. The van der Waals surface area contributed by atoms with E-state index in [1.165, 1.54) is 0 Å². The van der Waals surface area contributed by atoms with Crippen molar-refractivity contribution < 1.29 is 23.3 Å². The smallest absolute Gasteiger partial charge is 0.371 e. The molecule has 1 heterocycles. The molecule has 1 atom stereocenters. The molecule has 1 aliphatic heterocycles. The number of phosphoric ester groups is 1. The van der Waals surface area contributed by atoms with Gasteiger partial charge in [-0.1, -0.05) is 0 Å². The zero-order chi connectivity index (χ0) is 7.61. The van der Waals surface area contributed by atoms with Crippen LogP contribution in [0.2, 0.25) is 0 Å². The van der Waals surface area contributed by atoms with Gasteiger partial charge in [-0.15, -0.1) is 0 Å². The number of carbonyl (C=O) groups excluding carboxylic acids is 1. The summed E-state index contributed by atoms with van der Waals surface area (Å²) < 4.78 is 18.9. The quantitative estimate of drug-likeness (QED) is 0.528. The normalized spacial score (nSPS) is 34.7. The van der Waals surface area contributed by atoms with E-state index in [0.717, 1.165) is 0 Å². The van der Waals surface area contributed by atoms with Gasteiger partial charge in [0.1, 0.15) is 0 Å². The maximum atomic E-state index is 10.6. The highest BCUT2D eigenvalue weighted by molar-refractivity contribution is 7.48. The van der Waals surface area contributed by atoms with Gasteiger partial charge < -0.3 is 4.52 Å². The van der Waals surface area contributed by atoms with Crippen molar-refractivity contribution in [2.24, 2.45) is 0 Å². The molecule has 0 saturated carbocycles. The topological polar surface area (TPSA) is 72.8 Å². The van der Waals surface area contributed by atoms with Gasteiger partial charge in [-0.3, -0.25) is 14.2 Å². The fourth-order valence-electron chi connectivity index (χ4n) is 0.597. The van der Waals surface area contributed by atoms with Crippen molar-refractivity contribution in [1.29, 1.82) is 0 Å². The van der Waals surface area contributed by atoms with Crippen LogP contribution >= 0.6 is 7.82 Å². The van der Waals surface area contributed by atoms with Crippen LogP contribution in [0.4, 0.5) is 0 Å². The Hall–Kier alpha value is -0.380. The zero-order valence-corrected chi connectivity index (χ0v) is 6.04. The summed E-state index contributed by atoms with van der Waals surface area (Å²) in [6.45, 7) is 0.0967. The summed E-state index contributed by atoms with van der Waals surface area (Å²) >= 11 is 0. The molecule has 0 spiro atoms. The number of rotatable bonds is 0. The molecule has 0 bridgehead atoms. The molecule has 1 rings (SSSR count). The number of hydrogen-bond acceptors (Lipinski definition) is 4. The van der Waals surface area contributed by atoms with Gasteiger partial charge in [0.2, 0.25) is 0 Å². The third-order valence-electron chi connectivity index (χ3n) is 0.997. The lowest BCUT2D eigenvalue weighted by Gasteiger charge is -2.05. The molecule has 0 aromatic heterocycles.